The summed E-state index contributed by atoms with van der Waals surface area (Å²) in [5.41, 5.74) is 0. The molecule has 0 atom stereocenters. The molecule has 0 saturated heterocycles. The molecule has 0 aliphatic carbocycles. The van der Waals surface area contributed by atoms with Gasteiger partial charge in [0.15, 0.2) is 0 Å². The largest absolute Gasteiger partial charge is 0.391 e. The van der Waals surface area contributed by atoms with Gasteiger partial charge in [0.1, 0.15) is 0 Å². The first-order valence-electron chi connectivity index (χ1n) is 2.83. The fraction of sp³-hybridized carbons (Fsp3) is 0.667. The fourth-order valence-corrected chi connectivity index (χ4v) is 0.928. The average molecular weight is 131 g/mol. The van der Waals surface area contributed by atoms with E-state index in [1.165, 1.54) is 11.5 Å². The van der Waals surface area contributed by atoms with Crippen LogP contribution < -0.4 is 5.32 Å². The van der Waals surface area contributed by atoms with Gasteiger partial charge in [-0.1, -0.05) is 13.5 Å². The van der Waals surface area contributed by atoms with E-state index in [-0.39, 0.29) is 0 Å². The Morgan fingerprint density at radius 2 is 2.50 bits per heavy atom. The zero-order valence-electron chi connectivity index (χ0n) is 5.31. The first-order valence-corrected chi connectivity index (χ1v) is 3.99. The predicted octanol–water partition coefficient (Wildman–Crippen LogP) is 1.47. The predicted molar refractivity (Wildman–Crippen MR) is 41.2 cm³/mol. The molecule has 0 unspecified atom stereocenters. The lowest BCUT2D eigenvalue weighted by atomic mass is 10.7. The minimum absolute atomic E-state index is 1.04. The summed E-state index contributed by atoms with van der Waals surface area (Å²) in [6, 6.07) is 0. The van der Waals surface area contributed by atoms with E-state index in [0.29, 0.717) is 0 Å². The summed E-state index contributed by atoms with van der Waals surface area (Å²) in [5.74, 6) is 2.39. The van der Waals surface area contributed by atoms with Gasteiger partial charge in [0.2, 0.25) is 0 Å². The van der Waals surface area contributed by atoms with E-state index in [2.05, 4.69) is 18.8 Å². The summed E-state index contributed by atoms with van der Waals surface area (Å²) in [6.45, 7) is 6.75. The van der Waals surface area contributed by atoms with Gasteiger partial charge in [-0.15, -0.1) is 0 Å². The van der Waals surface area contributed by atoms with Crippen molar-refractivity contribution in [3.05, 3.63) is 12.8 Å². The van der Waals surface area contributed by atoms with Crippen molar-refractivity contribution in [2.24, 2.45) is 0 Å². The second-order valence-corrected chi connectivity index (χ2v) is 2.75. The Kier molecular flexibility index (Phi) is 6.80. The Labute approximate surface area is 55.5 Å². The second-order valence-electron chi connectivity index (χ2n) is 1.36. The fourth-order valence-electron chi connectivity index (χ4n) is 0.377. The van der Waals surface area contributed by atoms with Crippen molar-refractivity contribution in [3.8, 4) is 0 Å². The summed E-state index contributed by atoms with van der Waals surface area (Å²) in [6.07, 6.45) is 1.73. The third kappa shape index (κ3) is 5.89. The van der Waals surface area contributed by atoms with E-state index in [1.54, 1.807) is 6.20 Å². The van der Waals surface area contributed by atoms with Crippen LogP contribution in [0.2, 0.25) is 0 Å². The van der Waals surface area contributed by atoms with Crippen LogP contribution in [-0.2, 0) is 0 Å². The zero-order valence-corrected chi connectivity index (χ0v) is 6.13. The number of rotatable bonds is 5. The minimum atomic E-state index is 1.04. The van der Waals surface area contributed by atoms with Gasteiger partial charge in [0.05, 0.1) is 0 Å². The molecular weight excluding hydrogens is 118 g/mol. The minimum Gasteiger partial charge on any atom is -0.391 e. The molecule has 0 aromatic rings. The molecule has 0 saturated carbocycles. The molecule has 2 heteroatoms. The molecular formula is C6H13NS. The molecule has 0 aliphatic heterocycles. The van der Waals surface area contributed by atoms with Crippen LogP contribution in [0, 0.1) is 0 Å². The van der Waals surface area contributed by atoms with Crippen molar-refractivity contribution in [2.45, 2.75) is 6.92 Å². The third-order valence-corrected chi connectivity index (χ3v) is 1.64. The van der Waals surface area contributed by atoms with Crippen LogP contribution in [0.4, 0.5) is 0 Å². The van der Waals surface area contributed by atoms with Crippen LogP contribution in [0.3, 0.4) is 0 Å². The Morgan fingerprint density at radius 3 is 3.00 bits per heavy atom. The Morgan fingerprint density at radius 1 is 1.75 bits per heavy atom. The van der Waals surface area contributed by atoms with Crippen molar-refractivity contribution < 1.29 is 0 Å². The summed E-state index contributed by atoms with van der Waals surface area (Å²) >= 11 is 1.94. The lowest BCUT2D eigenvalue weighted by molar-refractivity contribution is 0.932. The van der Waals surface area contributed by atoms with Crippen LogP contribution in [0.25, 0.3) is 0 Å². The molecule has 48 valence electrons. The smallest absolute Gasteiger partial charge is 0.0232 e. The van der Waals surface area contributed by atoms with Crippen molar-refractivity contribution in [2.75, 3.05) is 18.1 Å². The molecule has 0 aliphatic rings. The van der Waals surface area contributed by atoms with Crippen molar-refractivity contribution >= 4 is 11.8 Å². The van der Waals surface area contributed by atoms with Gasteiger partial charge in [-0.2, -0.15) is 11.8 Å². The summed E-state index contributed by atoms with van der Waals surface area (Å²) < 4.78 is 0. The maximum atomic E-state index is 3.54. The van der Waals surface area contributed by atoms with Gasteiger partial charge in [-0.05, 0) is 12.0 Å². The first-order chi connectivity index (χ1) is 3.91. The second kappa shape index (κ2) is 6.89. The highest BCUT2D eigenvalue weighted by Crippen LogP contribution is 1.94. The highest BCUT2D eigenvalue weighted by atomic mass is 32.2. The van der Waals surface area contributed by atoms with E-state index in [4.69, 9.17) is 0 Å². The molecule has 1 nitrogen and oxygen atoms in total. The van der Waals surface area contributed by atoms with E-state index >= 15 is 0 Å². The van der Waals surface area contributed by atoms with Crippen molar-refractivity contribution in [1.29, 1.82) is 0 Å². The van der Waals surface area contributed by atoms with E-state index in [0.717, 1.165) is 6.54 Å². The summed E-state index contributed by atoms with van der Waals surface area (Å²) in [7, 11) is 0. The molecule has 0 fully saturated rings. The SMILES string of the molecule is C=CNCCSCC. The third-order valence-electron chi connectivity index (χ3n) is 0.739. The first kappa shape index (κ1) is 7.89. The van der Waals surface area contributed by atoms with Gasteiger partial charge in [0.25, 0.3) is 0 Å². The molecule has 0 radical (unpaired) electrons. The molecule has 0 bridgehead atoms. The Balaban J connectivity index is 2.62. The molecule has 0 aromatic heterocycles. The quantitative estimate of drug-likeness (QED) is 0.567. The molecule has 0 rings (SSSR count). The van der Waals surface area contributed by atoms with Gasteiger partial charge < -0.3 is 5.32 Å². The normalized spacial score (nSPS) is 8.62. The zero-order chi connectivity index (χ0) is 6.24. The highest BCUT2D eigenvalue weighted by Gasteiger charge is 1.79. The van der Waals surface area contributed by atoms with Crippen LogP contribution in [0.1, 0.15) is 6.92 Å². The Bertz CT molecular complexity index is 54.5. The van der Waals surface area contributed by atoms with Crippen molar-refractivity contribution in [3.63, 3.8) is 0 Å². The maximum absolute atomic E-state index is 3.54. The van der Waals surface area contributed by atoms with E-state index in [1.807, 2.05) is 11.8 Å². The summed E-state index contributed by atoms with van der Waals surface area (Å²) in [4.78, 5) is 0. The van der Waals surface area contributed by atoms with Gasteiger partial charge in [0, 0.05) is 12.3 Å². The lowest BCUT2D eigenvalue weighted by Gasteiger charge is -1.96. The van der Waals surface area contributed by atoms with E-state index in [9.17, 15) is 0 Å². The average Bonchev–Trinajstić information content (AvgIpc) is 1.81. The van der Waals surface area contributed by atoms with Crippen LogP contribution in [0.5, 0.6) is 0 Å². The highest BCUT2D eigenvalue weighted by molar-refractivity contribution is 7.99. The monoisotopic (exact) mass is 131 g/mol. The molecule has 0 spiro atoms. The number of nitrogens with one attached hydrogen (secondary N) is 1. The molecule has 0 aromatic carbocycles. The van der Waals surface area contributed by atoms with Gasteiger partial charge in [-0.3, -0.25) is 0 Å². The number of thioether (sulfide) groups is 1. The molecule has 0 amide bonds. The Hall–Kier alpha value is -0.110. The number of hydrogen-bond donors (Lipinski definition) is 1. The van der Waals surface area contributed by atoms with Crippen molar-refractivity contribution in [1.82, 2.24) is 5.32 Å². The van der Waals surface area contributed by atoms with Crippen LogP contribution >= 0.6 is 11.8 Å². The van der Waals surface area contributed by atoms with Crippen LogP contribution in [0.15, 0.2) is 12.8 Å². The molecule has 1 N–H and O–H groups in total. The van der Waals surface area contributed by atoms with Gasteiger partial charge >= 0.3 is 0 Å². The molecule has 0 heterocycles. The van der Waals surface area contributed by atoms with E-state index < -0.39 is 0 Å². The van der Waals surface area contributed by atoms with Gasteiger partial charge in [-0.25, -0.2) is 0 Å². The maximum Gasteiger partial charge on any atom is 0.0232 e. The standard InChI is InChI=1S/C6H13NS/c1-3-7-5-6-8-4-2/h3,7H,1,4-6H2,2H3. The molecule has 8 heavy (non-hydrogen) atoms. The van der Waals surface area contributed by atoms with Crippen LogP contribution in [-0.4, -0.2) is 18.1 Å². The number of hydrogen-bond acceptors (Lipinski definition) is 2. The summed E-state index contributed by atoms with van der Waals surface area (Å²) in [5, 5.41) is 3.03. The lowest BCUT2D eigenvalue weighted by Crippen LogP contribution is -2.08. The topological polar surface area (TPSA) is 12.0 Å².